The number of esters is 1. The maximum Gasteiger partial charge on any atom is 0.342 e. The molecule has 6 nitrogen and oxygen atoms in total. The monoisotopic (exact) mass is 346 g/mol. The quantitative estimate of drug-likeness (QED) is 0.707. The number of nitrogens with one attached hydrogen (secondary N) is 1. The van der Waals surface area contributed by atoms with Crippen LogP contribution in [-0.4, -0.2) is 23.6 Å². The van der Waals surface area contributed by atoms with Crippen LogP contribution in [0.1, 0.15) is 15.9 Å². The molecule has 26 heavy (non-hydrogen) atoms. The SMILES string of the molecule is N#Cc1cccc(NC(=O)COC(=O)c2cc3ccccc3cc2O)c1. The maximum absolute atomic E-state index is 12.2. The van der Waals surface area contributed by atoms with Crippen molar-refractivity contribution in [2.45, 2.75) is 0 Å². The van der Waals surface area contributed by atoms with E-state index in [4.69, 9.17) is 10.00 Å². The predicted octanol–water partition coefficient (Wildman–Crippen LogP) is 3.21. The number of aromatic hydroxyl groups is 1. The van der Waals surface area contributed by atoms with E-state index in [0.717, 1.165) is 10.8 Å². The smallest absolute Gasteiger partial charge is 0.342 e. The van der Waals surface area contributed by atoms with Gasteiger partial charge < -0.3 is 15.2 Å². The Morgan fingerprint density at radius 2 is 1.77 bits per heavy atom. The van der Waals surface area contributed by atoms with Crippen LogP contribution >= 0.6 is 0 Å². The Hall–Kier alpha value is -3.85. The van der Waals surface area contributed by atoms with Gasteiger partial charge >= 0.3 is 5.97 Å². The zero-order valence-electron chi connectivity index (χ0n) is 13.6. The van der Waals surface area contributed by atoms with Gasteiger partial charge in [-0.1, -0.05) is 30.3 Å². The summed E-state index contributed by atoms with van der Waals surface area (Å²) in [5.74, 6) is -1.56. The lowest BCUT2D eigenvalue weighted by Gasteiger charge is -2.09. The van der Waals surface area contributed by atoms with Crippen LogP contribution in [0.4, 0.5) is 5.69 Å². The van der Waals surface area contributed by atoms with Gasteiger partial charge in [0.15, 0.2) is 6.61 Å². The van der Waals surface area contributed by atoms with Crippen molar-refractivity contribution in [3.8, 4) is 11.8 Å². The lowest BCUT2D eigenvalue weighted by Crippen LogP contribution is -2.21. The summed E-state index contributed by atoms with van der Waals surface area (Å²) in [4.78, 5) is 24.1. The predicted molar refractivity (Wildman–Crippen MR) is 95.7 cm³/mol. The first-order valence-electron chi connectivity index (χ1n) is 7.76. The Kier molecular flexibility index (Phi) is 4.81. The highest BCUT2D eigenvalue weighted by molar-refractivity contribution is 6.00. The highest BCUT2D eigenvalue weighted by atomic mass is 16.5. The number of phenolic OH excluding ortho intramolecular Hbond substituents is 1. The molecule has 0 atom stereocenters. The van der Waals surface area contributed by atoms with Gasteiger partial charge in [-0.3, -0.25) is 4.79 Å². The molecule has 0 fully saturated rings. The molecule has 0 aliphatic heterocycles. The molecule has 0 saturated carbocycles. The number of hydrogen-bond donors (Lipinski definition) is 2. The Morgan fingerprint density at radius 3 is 2.50 bits per heavy atom. The average molecular weight is 346 g/mol. The Bertz CT molecular complexity index is 1040. The van der Waals surface area contributed by atoms with Crippen molar-refractivity contribution in [2.24, 2.45) is 0 Å². The van der Waals surface area contributed by atoms with Gasteiger partial charge in [-0.2, -0.15) is 5.26 Å². The number of phenols is 1. The number of hydrogen-bond acceptors (Lipinski definition) is 5. The van der Waals surface area contributed by atoms with Crippen molar-refractivity contribution >= 4 is 28.3 Å². The van der Waals surface area contributed by atoms with E-state index < -0.39 is 18.5 Å². The van der Waals surface area contributed by atoms with Crippen LogP contribution in [0.3, 0.4) is 0 Å². The molecule has 0 unspecified atom stereocenters. The lowest BCUT2D eigenvalue weighted by molar-refractivity contribution is -0.119. The number of ether oxygens (including phenoxy) is 1. The molecule has 0 radical (unpaired) electrons. The van der Waals surface area contributed by atoms with E-state index in [1.165, 1.54) is 18.2 Å². The fraction of sp³-hybridized carbons (Fsp3) is 0.0500. The number of carbonyl (C=O) groups excluding carboxylic acids is 2. The first kappa shape index (κ1) is 17.0. The summed E-state index contributed by atoms with van der Waals surface area (Å²) >= 11 is 0. The van der Waals surface area contributed by atoms with Crippen molar-refractivity contribution in [3.63, 3.8) is 0 Å². The summed E-state index contributed by atoms with van der Waals surface area (Å²) in [7, 11) is 0. The summed E-state index contributed by atoms with van der Waals surface area (Å²) in [6.07, 6.45) is 0. The van der Waals surface area contributed by atoms with E-state index in [2.05, 4.69) is 5.32 Å². The number of carbonyl (C=O) groups is 2. The van der Waals surface area contributed by atoms with Crippen molar-refractivity contribution in [2.75, 3.05) is 11.9 Å². The van der Waals surface area contributed by atoms with Crippen LogP contribution in [0.2, 0.25) is 0 Å². The van der Waals surface area contributed by atoms with Crippen molar-refractivity contribution in [1.82, 2.24) is 0 Å². The van der Waals surface area contributed by atoms with Crippen molar-refractivity contribution < 1.29 is 19.4 Å². The molecule has 3 aromatic carbocycles. The topological polar surface area (TPSA) is 99.4 Å². The van der Waals surface area contributed by atoms with Gasteiger partial charge in [0.2, 0.25) is 0 Å². The Balaban J connectivity index is 1.66. The third-order valence-electron chi connectivity index (χ3n) is 3.69. The molecule has 0 spiro atoms. The summed E-state index contributed by atoms with van der Waals surface area (Å²) in [5.41, 5.74) is 0.822. The number of nitrogens with zero attached hydrogens (tertiary/aromatic N) is 1. The lowest BCUT2D eigenvalue weighted by atomic mass is 10.1. The van der Waals surface area contributed by atoms with Crippen LogP contribution < -0.4 is 5.32 Å². The number of rotatable bonds is 4. The minimum absolute atomic E-state index is 0.0111. The van der Waals surface area contributed by atoms with Gasteiger partial charge in [-0.05, 0) is 41.1 Å². The molecule has 128 valence electrons. The van der Waals surface area contributed by atoms with Crippen molar-refractivity contribution in [3.05, 3.63) is 71.8 Å². The van der Waals surface area contributed by atoms with E-state index >= 15 is 0 Å². The summed E-state index contributed by atoms with van der Waals surface area (Å²) in [6.45, 7) is -0.512. The molecule has 0 bridgehead atoms. The number of benzene rings is 3. The molecule has 0 aliphatic rings. The molecule has 2 N–H and O–H groups in total. The van der Waals surface area contributed by atoms with E-state index in [9.17, 15) is 14.7 Å². The zero-order valence-corrected chi connectivity index (χ0v) is 13.6. The molecule has 6 heteroatoms. The van der Waals surface area contributed by atoms with Gasteiger partial charge in [0.1, 0.15) is 11.3 Å². The molecule has 0 saturated heterocycles. The molecule has 3 aromatic rings. The average Bonchev–Trinajstić information content (AvgIpc) is 2.65. The molecular weight excluding hydrogens is 332 g/mol. The standard InChI is InChI=1S/C20H14N2O4/c21-11-13-4-3-7-16(8-13)22-19(24)12-26-20(25)17-9-14-5-1-2-6-15(14)10-18(17)23/h1-10,23H,12H2,(H,22,24). The normalized spacial score (nSPS) is 10.1. The fourth-order valence-electron chi connectivity index (χ4n) is 2.46. The van der Waals surface area contributed by atoms with Gasteiger partial charge in [-0.15, -0.1) is 0 Å². The Morgan fingerprint density at radius 1 is 1.04 bits per heavy atom. The summed E-state index contributed by atoms with van der Waals surface area (Å²) < 4.78 is 4.97. The fourth-order valence-corrected chi connectivity index (χ4v) is 2.46. The van der Waals surface area contributed by atoms with Crippen LogP contribution in [0, 0.1) is 11.3 Å². The number of amides is 1. The van der Waals surface area contributed by atoms with Crippen molar-refractivity contribution in [1.29, 1.82) is 5.26 Å². The molecule has 0 heterocycles. The van der Waals surface area contributed by atoms with Gasteiger partial charge in [-0.25, -0.2) is 4.79 Å². The molecular formula is C20H14N2O4. The first-order valence-corrected chi connectivity index (χ1v) is 7.76. The van der Waals surface area contributed by atoms with Crippen LogP contribution in [0.5, 0.6) is 5.75 Å². The third kappa shape index (κ3) is 3.79. The third-order valence-corrected chi connectivity index (χ3v) is 3.69. The second-order valence-electron chi connectivity index (χ2n) is 5.53. The van der Waals surface area contributed by atoms with Gasteiger partial charge in [0.25, 0.3) is 5.91 Å². The molecule has 0 aromatic heterocycles. The molecule has 0 aliphatic carbocycles. The van der Waals surface area contributed by atoms with Gasteiger partial charge in [0, 0.05) is 5.69 Å². The number of fused-ring (bicyclic) bond motifs is 1. The number of nitriles is 1. The highest BCUT2D eigenvalue weighted by Crippen LogP contribution is 2.25. The van der Waals surface area contributed by atoms with E-state index in [0.29, 0.717) is 11.3 Å². The van der Waals surface area contributed by atoms with Gasteiger partial charge in [0.05, 0.1) is 11.6 Å². The summed E-state index contributed by atoms with van der Waals surface area (Å²) in [6, 6.07) is 18.6. The van der Waals surface area contributed by atoms with E-state index in [1.807, 2.05) is 24.3 Å². The Labute approximate surface area is 149 Å². The second kappa shape index (κ2) is 7.36. The molecule has 3 rings (SSSR count). The highest BCUT2D eigenvalue weighted by Gasteiger charge is 2.15. The second-order valence-corrected chi connectivity index (χ2v) is 5.53. The first-order chi connectivity index (χ1) is 12.6. The van der Waals surface area contributed by atoms with E-state index in [-0.39, 0.29) is 11.3 Å². The maximum atomic E-state index is 12.2. The number of anilines is 1. The largest absolute Gasteiger partial charge is 0.507 e. The zero-order chi connectivity index (χ0) is 18.5. The minimum atomic E-state index is -0.797. The minimum Gasteiger partial charge on any atom is -0.507 e. The van der Waals surface area contributed by atoms with Crippen LogP contribution in [0.15, 0.2) is 60.7 Å². The molecule has 1 amide bonds. The summed E-state index contributed by atoms with van der Waals surface area (Å²) in [5, 5.41) is 22.9. The van der Waals surface area contributed by atoms with Crippen LogP contribution in [-0.2, 0) is 9.53 Å². The van der Waals surface area contributed by atoms with E-state index in [1.54, 1.807) is 24.3 Å². The van der Waals surface area contributed by atoms with Crippen LogP contribution in [0.25, 0.3) is 10.8 Å².